The van der Waals surface area contributed by atoms with Crippen molar-refractivity contribution >= 4 is 29.1 Å². The standard InChI is InChI=1S/C20H20ClN3O2S/c1-12-4-6-16(13(2)8-12)18(25)11-27-20-22-19(23-24-20)10-26-15-5-7-17(21)14(3)9-15/h4-9H,10-11H2,1-3H3,(H,22,23,24). The molecule has 1 aromatic heterocycles. The van der Waals surface area contributed by atoms with Crippen LogP contribution in [-0.4, -0.2) is 26.7 Å². The number of H-pyrrole nitrogens is 1. The number of thioether (sulfide) groups is 1. The second kappa shape index (κ2) is 8.59. The lowest BCUT2D eigenvalue weighted by molar-refractivity contribution is 0.102. The van der Waals surface area contributed by atoms with Gasteiger partial charge in [0.25, 0.3) is 0 Å². The van der Waals surface area contributed by atoms with Crippen LogP contribution >= 0.6 is 23.4 Å². The summed E-state index contributed by atoms with van der Waals surface area (Å²) in [5.74, 6) is 1.67. The Bertz CT molecular complexity index is 972. The minimum Gasteiger partial charge on any atom is -0.486 e. The molecule has 1 N–H and O–H groups in total. The van der Waals surface area contributed by atoms with Gasteiger partial charge in [0.05, 0.1) is 5.75 Å². The number of Topliss-reactive ketones (excluding diaryl/α,β-unsaturated/α-hetero) is 1. The van der Waals surface area contributed by atoms with Crippen LogP contribution in [0, 0.1) is 20.8 Å². The zero-order chi connectivity index (χ0) is 19.4. The maximum atomic E-state index is 12.4. The van der Waals surface area contributed by atoms with E-state index in [1.807, 2.05) is 51.1 Å². The molecule has 0 bridgehead atoms. The summed E-state index contributed by atoms with van der Waals surface area (Å²) in [6.45, 7) is 6.15. The summed E-state index contributed by atoms with van der Waals surface area (Å²) in [4.78, 5) is 16.8. The number of carbonyl (C=O) groups excluding carboxylic acids is 1. The molecule has 0 saturated heterocycles. The molecule has 7 heteroatoms. The van der Waals surface area contributed by atoms with Crippen molar-refractivity contribution < 1.29 is 9.53 Å². The summed E-state index contributed by atoms with van der Waals surface area (Å²) in [6.07, 6.45) is 0. The van der Waals surface area contributed by atoms with Gasteiger partial charge in [0.1, 0.15) is 12.4 Å². The van der Waals surface area contributed by atoms with Gasteiger partial charge in [-0.25, -0.2) is 4.98 Å². The first-order valence-electron chi connectivity index (χ1n) is 8.46. The Morgan fingerprint density at radius 3 is 2.70 bits per heavy atom. The van der Waals surface area contributed by atoms with Crippen LogP contribution in [0.3, 0.4) is 0 Å². The molecule has 2 aromatic carbocycles. The van der Waals surface area contributed by atoms with E-state index < -0.39 is 0 Å². The number of nitrogens with zero attached hydrogens (tertiary/aromatic N) is 2. The second-order valence-corrected chi connectivity index (χ2v) is 7.64. The number of carbonyl (C=O) groups is 1. The number of hydrogen-bond donors (Lipinski definition) is 1. The number of rotatable bonds is 7. The maximum absolute atomic E-state index is 12.4. The fourth-order valence-corrected chi connectivity index (χ4v) is 3.42. The molecule has 5 nitrogen and oxygen atoms in total. The van der Waals surface area contributed by atoms with Crippen molar-refractivity contribution in [1.82, 2.24) is 15.2 Å². The van der Waals surface area contributed by atoms with Gasteiger partial charge in [-0.1, -0.05) is 47.1 Å². The van der Waals surface area contributed by atoms with E-state index in [2.05, 4.69) is 15.2 Å². The molecule has 140 valence electrons. The monoisotopic (exact) mass is 401 g/mol. The number of nitrogens with one attached hydrogen (secondary N) is 1. The maximum Gasteiger partial charge on any atom is 0.208 e. The third-order valence-corrected chi connectivity index (χ3v) is 5.30. The van der Waals surface area contributed by atoms with Crippen LogP contribution in [0.1, 0.15) is 32.9 Å². The molecule has 0 spiro atoms. The summed E-state index contributed by atoms with van der Waals surface area (Å²) in [6, 6.07) is 11.3. The van der Waals surface area contributed by atoms with Gasteiger partial charge in [-0.2, -0.15) is 0 Å². The van der Waals surface area contributed by atoms with Crippen molar-refractivity contribution in [3.8, 4) is 5.75 Å². The second-order valence-electron chi connectivity index (χ2n) is 6.29. The molecule has 0 unspecified atom stereocenters. The highest BCUT2D eigenvalue weighted by molar-refractivity contribution is 7.99. The van der Waals surface area contributed by atoms with Crippen molar-refractivity contribution in [3.05, 3.63) is 69.5 Å². The molecule has 1 heterocycles. The van der Waals surface area contributed by atoms with Gasteiger partial charge >= 0.3 is 0 Å². The molecule has 0 aliphatic heterocycles. The Morgan fingerprint density at radius 1 is 1.15 bits per heavy atom. The first-order chi connectivity index (χ1) is 12.9. The molecule has 0 aliphatic rings. The summed E-state index contributed by atoms with van der Waals surface area (Å²) >= 11 is 7.32. The number of benzene rings is 2. The number of halogens is 1. The van der Waals surface area contributed by atoms with E-state index in [0.29, 0.717) is 27.5 Å². The lowest BCUT2D eigenvalue weighted by Gasteiger charge is -2.05. The van der Waals surface area contributed by atoms with E-state index >= 15 is 0 Å². The van der Waals surface area contributed by atoms with Crippen LogP contribution in [-0.2, 0) is 6.61 Å². The molecule has 0 fully saturated rings. The number of ether oxygens (including phenoxy) is 1. The van der Waals surface area contributed by atoms with Crippen molar-refractivity contribution in [3.63, 3.8) is 0 Å². The van der Waals surface area contributed by atoms with Gasteiger partial charge in [0.15, 0.2) is 11.6 Å². The van der Waals surface area contributed by atoms with E-state index in [-0.39, 0.29) is 12.4 Å². The van der Waals surface area contributed by atoms with Gasteiger partial charge in [-0.15, -0.1) is 5.10 Å². The van der Waals surface area contributed by atoms with Gasteiger partial charge in [-0.05, 0) is 50.1 Å². The Labute approximate surface area is 167 Å². The Kier molecular flexibility index (Phi) is 6.19. The average Bonchev–Trinajstić information content (AvgIpc) is 3.08. The van der Waals surface area contributed by atoms with Crippen LogP contribution in [0.4, 0.5) is 0 Å². The smallest absolute Gasteiger partial charge is 0.208 e. The number of aryl methyl sites for hydroxylation is 3. The van der Waals surface area contributed by atoms with Gasteiger partial charge in [-0.3, -0.25) is 9.89 Å². The van der Waals surface area contributed by atoms with E-state index in [1.165, 1.54) is 11.8 Å². The molecular formula is C20H20ClN3O2S. The fourth-order valence-electron chi connectivity index (χ4n) is 2.60. The summed E-state index contributed by atoms with van der Waals surface area (Å²) in [7, 11) is 0. The van der Waals surface area contributed by atoms with Crippen LogP contribution in [0.2, 0.25) is 5.02 Å². The summed E-state index contributed by atoms with van der Waals surface area (Å²) in [5.41, 5.74) is 3.83. The average molecular weight is 402 g/mol. The molecule has 3 rings (SSSR count). The van der Waals surface area contributed by atoms with Gasteiger partial charge < -0.3 is 4.74 Å². The van der Waals surface area contributed by atoms with Crippen LogP contribution in [0.5, 0.6) is 5.75 Å². The highest BCUT2D eigenvalue weighted by Gasteiger charge is 2.12. The molecule has 0 amide bonds. The third kappa shape index (κ3) is 5.11. The predicted octanol–water partition coefficient (Wildman–Crippen LogP) is 4.94. The van der Waals surface area contributed by atoms with Crippen LogP contribution in [0.25, 0.3) is 0 Å². The lowest BCUT2D eigenvalue weighted by Crippen LogP contribution is -2.05. The Morgan fingerprint density at radius 2 is 1.96 bits per heavy atom. The molecule has 0 aliphatic carbocycles. The zero-order valence-electron chi connectivity index (χ0n) is 15.4. The summed E-state index contributed by atoms with van der Waals surface area (Å²) < 4.78 is 5.69. The highest BCUT2D eigenvalue weighted by atomic mass is 35.5. The molecular weight excluding hydrogens is 382 g/mol. The zero-order valence-corrected chi connectivity index (χ0v) is 16.9. The summed E-state index contributed by atoms with van der Waals surface area (Å²) in [5, 5.41) is 8.21. The number of aromatic amines is 1. The third-order valence-electron chi connectivity index (χ3n) is 4.03. The van der Waals surface area contributed by atoms with Crippen LogP contribution in [0.15, 0.2) is 41.6 Å². The van der Waals surface area contributed by atoms with Crippen molar-refractivity contribution in [2.75, 3.05) is 5.75 Å². The van der Waals surface area contributed by atoms with Gasteiger partial charge in [0.2, 0.25) is 5.16 Å². The van der Waals surface area contributed by atoms with Crippen molar-refractivity contribution in [2.24, 2.45) is 0 Å². The number of hydrogen-bond acceptors (Lipinski definition) is 5. The highest BCUT2D eigenvalue weighted by Crippen LogP contribution is 2.22. The normalized spacial score (nSPS) is 10.8. The van der Waals surface area contributed by atoms with Crippen molar-refractivity contribution in [2.45, 2.75) is 32.5 Å². The van der Waals surface area contributed by atoms with E-state index in [1.54, 1.807) is 6.07 Å². The number of aromatic nitrogens is 3. The van der Waals surface area contributed by atoms with Crippen molar-refractivity contribution in [1.29, 1.82) is 0 Å². The molecule has 27 heavy (non-hydrogen) atoms. The van der Waals surface area contributed by atoms with E-state index in [0.717, 1.165) is 22.3 Å². The number of ketones is 1. The largest absolute Gasteiger partial charge is 0.486 e. The van der Waals surface area contributed by atoms with Gasteiger partial charge in [0, 0.05) is 10.6 Å². The quantitative estimate of drug-likeness (QED) is 0.448. The fraction of sp³-hybridized carbons (Fsp3) is 0.250. The predicted molar refractivity (Wildman–Crippen MR) is 108 cm³/mol. The topological polar surface area (TPSA) is 67.9 Å². The van der Waals surface area contributed by atoms with E-state index in [4.69, 9.17) is 16.3 Å². The molecule has 3 aromatic rings. The molecule has 0 saturated carbocycles. The first-order valence-corrected chi connectivity index (χ1v) is 9.82. The SMILES string of the molecule is Cc1ccc(C(=O)CSc2n[nH]c(COc3ccc(Cl)c(C)c3)n2)c(C)c1. The van der Waals surface area contributed by atoms with Crippen LogP contribution < -0.4 is 4.74 Å². The van der Waals surface area contributed by atoms with E-state index in [9.17, 15) is 4.79 Å². The lowest BCUT2D eigenvalue weighted by atomic mass is 10.0. The minimum atomic E-state index is 0.0664. The molecule has 0 atom stereocenters. The minimum absolute atomic E-state index is 0.0664. The molecule has 0 radical (unpaired) electrons. The Hall–Kier alpha value is -2.31. The first kappa shape index (κ1) is 19.5. The Balaban J connectivity index is 1.54.